The Balaban J connectivity index is 1.52. The zero-order valence-corrected chi connectivity index (χ0v) is 23.1. The molecule has 0 aliphatic carbocycles. The summed E-state index contributed by atoms with van der Waals surface area (Å²) in [6, 6.07) is 18.4. The predicted octanol–water partition coefficient (Wildman–Crippen LogP) is 7.81. The minimum Gasteiger partial charge on any atom is -0.490 e. The van der Waals surface area contributed by atoms with Crippen LogP contribution in [0, 0.1) is 3.57 Å². The van der Waals surface area contributed by atoms with Gasteiger partial charge in [0.25, 0.3) is 11.1 Å². The van der Waals surface area contributed by atoms with Crippen molar-refractivity contribution in [3.63, 3.8) is 0 Å². The number of ether oxygens (including phenoxy) is 2. The van der Waals surface area contributed by atoms with E-state index in [1.54, 1.807) is 42.5 Å². The smallest absolute Gasteiger partial charge is 0.293 e. The molecular weight excluding hydrogens is 620 g/mol. The van der Waals surface area contributed by atoms with E-state index in [4.69, 9.17) is 32.7 Å². The van der Waals surface area contributed by atoms with Crippen LogP contribution < -0.4 is 9.47 Å². The summed E-state index contributed by atoms with van der Waals surface area (Å²) in [7, 11) is 0. The highest BCUT2D eigenvalue weighted by atomic mass is 127. The summed E-state index contributed by atoms with van der Waals surface area (Å²) in [5.74, 6) is 0.722. The number of halogens is 3. The maximum absolute atomic E-state index is 12.9. The lowest BCUT2D eigenvalue weighted by atomic mass is 10.1. The van der Waals surface area contributed by atoms with Gasteiger partial charge in [0, 0.05) is 19.2 Å². The molecule has 1 fully saturated rings. The molecule has 0 atom stereocenters. The van der Waals surface area contributed by atoms with Crippen LogP contribution in [0.5, 0.6) is 11.5 Å². The molecule has 0 bridgehead atoms. The van der Waals surface area contributed by atoms with Gasteiger partial charge in [-0.1, -0.05) is 47.5 Å². The highest BCUT2D eigenvalue weighted by molar-refractivity contribution is 14.1. The van der Waals surface area contributed by atoms with Crippen LogP contribution in [-0.4, -0.2) is 22.7 Å². The van der Waals surface area contributed by atoms with E-state index >= 15 is 0 Å². The van der Waals surface area contributed by atoms with Crippen molar-refractivity contribution in [1.82, 2.24) is 4.90 Å². The molecule has 35 heavy (non-hydrogen) atoms. The Morgan fingerprint density at radius 3 is 2.37 bits per heavy atom. The molecule has 9 heteroatoms. The number of imide groups is 1. The monoisotopic (exact) mass is 639 g/mol. The molecule has 1 aliphatic heterocycles. The molecule has 1 aliphatic rings. The molecule has 1 heterocycles. The van der Waals surface area contributed by atoms with E-state index in [0.717, 1.165) is 26.5 Å². The maximum Gasteiger partial charge on any atom is 0.293 e. The molecular formula is C26H20Cl2INO4S. The third-order valence-electron chi connectivity index (χ3n) is 5.13. The van der Waals surface area contributed by atoms with Gasteiger partial charge in [0.15, 0.2) is 11.5 Å². The molecule has 0 radical (unpaired) electrons. The molecule has 0 N–H and O–H groups in total. The van der Waals surface area contributed by atoms with E-state index < -0.39 is 0 Å². The van der Waals surface area contributed by atoms with Gasteiger partial charge in [-0.3, -0.25) is 14.5 Å². The second kappa shape index (κ2) is 11.7. The second-order valence-corrected chi connectivity index (χ2v) is 10.6. The predicted molar refractivity (Wildman–Crippen MR) is 149 cm³/mol. The SMILES string of the molecule is CCOc1cc(/C=C2\SC(=O)N(Cc3ccc(I)cc3)C2=O)ccc1OCc1c(Cl)cccc1Cl. The third kappa shape index (κ3) is 6.33. The number of benzene rings is 3. The Bertz CT molecular complexity index is 1280. The molecule has 5 nitrogen and oxygen atoms in total. The van der Waals surface area contributed by atoms with Gasteiger partial charge in [-0.25, -0.2) is 0 Å². The van der Waals surface area contributed by atoms with Gasteiger partial charge in [0.05, 0.1) is 18.1 Å². The first-order chi connectivity index (χ1) is 16.9. The van der Waals surface area contributed by atoms with Crippen LogP contribution in [0.2, 0.25) is 10.0 Å². The fraction of sp³-hybridized carbons (Fsp3) is 0.154. The standard InChI is InChI=1S/C26H20Cl2INO4S/c1-2-33-23-12-17(8-11-22(23)34-15-19-20(27)4-3-5-21(19)28)13-24-25(31)30(26(32)35-24)14-16-6-9-18(29)10-7-16/h3-13H,2,14-15H2,1H3/b24-13-. The first-order valence-corrected chi connectivity index (χ1v) is 13.3. The Morgan fingerprint density at radius 1 is 0.971 bits per heavy atom. The molecule has 4 rings (SSSR count). The van der Waals surface area contributed by atoms with Crippen molar-refractivity contribution in [3.05, 3.63) is 95.9 Å². The second-order valence-electron chi connectivity index (χ2n) is 7.52. The average molecular weight is 640 g/mol. The summed E-state index contributed by atoms with van der Waals surface area (Å²) in [6.07, 6.45) is 1.69. The summed E-state index contributed by atoms with van der Waals surface area (Å²) in [6.45, 7) is 2.71. The lowest BCUT2D eigenvalue weighted by Crippen LogP contribution is -2.27. The highest BCUT2D eigenvalue weighted by Crippen LogP contribution is 2.36. The fourth-order valence-corrected chi connectivity index (χ4v) is 5.09. The van der Waals surface area contributed by atoms with E-state index in [9.17, 15) is 9.59 Å². The van der Waals surface area contributed by atoms with Crippen molar-refractivity contribution in [2.75, 3.05) is 6.61 Å². The van der Waals surface area contributed by atoms with Crippen LogP contribution in [0.1, 0.15) is 23.6 Å². The normalized spacial score (nSPS) is 14.6. The minimum atomic E-state index is -0.315. The largest absolute Gasteiger partial charge is 0.490 e. The van der Waals surface area contributed by atoms with Crippen molar-refractivity contribution in [3.8, 4) is 11.5 Å². The van der Waals surface area contributed by atoms with E-state index in [2.05, 4.69) is 22.6 Å². The number of carbonyl (C=O) groups is 2. The van der Waals surface area contributed by atoms with Crippen LogP contribution in [0.15, 0.2) is 65.6 Å². The van der Waals surface area contributed by atoms with E-state index in [0.29, 0.717) is 38.6 Å². The van der Waals surface area contributed by atoms with Crippen LogP contribution in [0.25, 0.3) is 6.08 Å². The highest BCUT2D eigenvalue weighted by Gasteiger charge is 2.35. The first kappa shape index (κ1) is 25.9. The number of rotatable bonds is 8. The van der Waals surface area contributed by atoms with Crippen molar-refractivity contribution in [2.45, 2.75) is 20.1 Å². The zero-order valence-electron chi connectivity index (χ0n) is 18.6. The fourth-order valence-electron chi connectivity index (χ4n) is 3.38. The van der Waals surface area contributed by atoms with E-state index in [1.165, 1.54) is 4.90 Å². The Hall–Kier alpha value is -2.20. The molecule has 2 amide bonds. The molecule has 180 valence electrons. The van der Waals surface area contributed by atoms with Gasteiger partial charge in [-0.2, -0.15) is 0 Å². The van der Waals surface area contributed by atoms with E-state index in [1.807, 2.05) is 31.2 Å². The number of carbonyl (C=O) groups excluding carboxylic acids is 2. The zero-order chi connectivity index (χ0) is 24.9. The maximum atomic E-state index is 12.9. The van der Waals surface area contributed by atoms with Crippen LogP contribution in [0.4, 0.5) is 4.79 Å². The summed E-state index contributed by atoms with van der Waals surface area (Å²) in [5.41, 5.74) is 2.30. The molecule has 0 spiro atoms. The molecule has 0 saturated carbocycles. The van der Waals surface area contributed by atoms with Crippen molar-refractivity contribution in [2.24, 2.45) is 0 Å². The quantitative estimate of drug-likeness (QED) is 0.186. The number of hydrogen-bond acceptors (Lipinski definition) is 5. The molecule has 3 aromatic rings. The third-order valence-corrected chi connectivity index (χ3v) is 7.46. The minimum absolute atomic E-state index is 0.176. The summed E-state index contributed by atoms with van der Waals surface area (Å²) in [5, 5.41) is 0.752. The van der Waals surface area contributed by atoms with Gasteiger partial charge in [0.1, 0.15) is 6.61 Å². The van der Waals surface area contributed by atoms with Crippen LogP contribution >= 0.6 is 57.6 Å². The van der Waals surface area contributed by atoms with Gasteiger partial charge < -0.3 is 9.47 Å². The lowest BCUT2D eigenvalue weighted by Gasteiger charge is -2.14. The van der Waals surface area contributed by atoms with Crippen molar-refractivity contribution >= 4 is 74.8 Å². The van der Waals surface area contributed by atoms with Gasteiger partial charge >= 0.3 is 0 Å². The molecule has 3 aromatic carbocycles. The first-order valence-electron chi connectivity index (χ1n) is 10.7. The topological polar surface area (TPSA) is 55.8 Å². The Morgan fingerprint density at radius 2 is 1.69 bits per heavy atom. The van der Waals surface area contributed by atoms with Crippen LogP contribution in [0.3, 0.4) is 0 Å². The number of thioether (sulfide) groups is 1. The number of hydrogen-bond donors (Lipinski definition) is 0. The Kier molecular flexibility index (Phi) is 8.64. The number of nitrogens with zero attached hydrogens (tertiary/aromatic N) is 1. The number of amides is 2. The summed E-state index contributed by atoms with van der Waals surface area (Å²) >= 11 is 15.6. The van der Waals surface area contributed by atoms with Gasteiger partial charge in [-0.15, -0.1) is 0 Å². The lowest BCUT2D eigenvalue weighted by molar-refractivity contribution is -0.123. The summed E-state index contributed by atoms with van der Waals surface area (Å²) < 4.78 is 12.8. The Labute approximate surface area is 231 Å². The summed E-state index contributed by atoms with van der Waals surface area (Å²) in [4.78, 5) is 27.1. The van der Waals surface area contributed by atoms with Crippen LogP contribution in [-0.2, 0) is 17.9 Å². The average Bonchev–Trinajstić information content (AvgIpc) is 3.08. The molecule has 0 unspecified atom stereocenters. The van der Waals surface area contributed by atoms with E-state index in [-0.39, 0.29) is 24.3 Å². The van der Waals surface area contributed by atoms with Gasteiger partial charge in [0.2, 0.25) is 0 Å². The van der Waals surface area contributed by atoms with Crippen molar-refractivity contribution in [1.29, 1.82) is 0 Å². The molecule has 1 saturated heterocycles. The molecule has 0 aromatic heterocycles. The van der Waals surface area contributed by atoms with Crippen molar-refractivity contribution < 1.29 is 19.1 Å². The van der Waals surface area contributed by atoms with Gasteiger partial charge in [-0.05, 0) is 94.9 Å².